The first-order valence-electron chi connectivity index (χ1n) is 7.25. The number of hydrogen-bond acceptors (Lipinski definition) is 4. The van der Waals surface area contributed by atoms with Crippen LogP contribution in [0, 0.1) is 5.41 Å². The lowest BCUT2D eigenvalue weighted by molar-refractivity contribution is 0.0962. The maximum absolute atomic E-state index is 11.2. The summed E-state index contributed by atoms with van der Waals surface area (Å²) in [5.41, 5.74) is 5.73. The molecule has 108 valence electrons. The fourth-order valence-corrected chi connectivity index (χ4v) is 3.34. The number of amides is 2. The first kappa shape index (κ1) is 13.1. The lowest BCUT2D eigenvalue weighted by atomic mass is 9.71. The summed E-state index contributed by atoms with van der Waals surface area (Å²) in [5.74, 6) is 0.830. The number of likely N-dealkylation sites (tertiary alicyclic amines) is 1. The van der Waals surface area contributed by atoms with Crippen LogP contribution in [-0.2, 0) is 0 Å². The molecule has 0 unspecified atom stereocenters. The number of anilines is 1. The van der Waals surface area contributed by atoms with Gasteiger partial charge in [0.2, 0.25) is 5.95 Å². The van der Waals surface area contributed by atoms with Crippen molar-refractivity contribution in [2.45, 2.75) is 25.7 Å². The van der Waals surface area contributed by atoms with Crippen LogP contribution in [0.5, 0.6) is 0 Å². The first-order chi connectivity index (χ1) is 9.69. The Balaban J connectivity index is 1.58. The van der Waals surface area contributed by atoms with Crippen LogP contribution in [0.15, 0.2) is 18.5 Å². The van der Waals surface area contributed by atoms with Crippen molar-refractivity contribution < 1.29 is 4.79 Å². The number of hydrogen-bond donors (Lipinski definition) is 1. The van der Waals surface area contributed by atoms with Crippen molar-refractivity contribution in [1.82, 2.24) is 14.9 Å². The number of primary amides is 1. The highest BCUT2D eigenvalue weighted by atomic mass is 16.2. The Bertz CT molecular complexity index is 460. The number of piperidine rings is 2. The van der Waals surface area contributed by atoms with Crippen molar-refractivity contribution in [3.63, 3.8) is 0 Å². The summed E-state index contributed by atoms with van der Waals surface area (Å²) in [6, 6.07) is 1.56. The molecule has 0 aromatic carbocycles. The first-order valence-corrected chi connectivity index (χ1v) is 7.25. The molecular formula is C14H21N5O. The fraction of sp³-hybridized carbons (Fsp3) is 0.643. The van der Waals surface area contributed by atoms with Gasteiger partial charge in [0.05, 0.1) is 0 Å². The van der Waals surface area contributed by atoms with Gasteiger partial charge in [-0.3, -0.25) is 0 Å². The summed E-state index contributed by atoms with van der Waals surface area (Å²) in [5, 5.41) is 0. The van der Waals surface area contributed by atoms with Gasteiger partial charge in [0.15, 0.2) is 0 Å². The third-order valence-corrected chi connectivity index (χ3v) is 4.79. The Morgan fingerprint density at radius 3 is 2.15 bits per heavy atom. The Hall–Kier alpha value is -1.85. The highest BCUT2D eigenvalue weighted by Gasteiger charge is 2.38. The molecule has 2 fully saturated rings. The Kier molecular flexibility index (Phi) is 3.46. The molecule has 1 spiro atoms. The van der Waals surface area contributed by atoms with Crippen molar-refractivity contribution in [1.29, 1.82) is 0 Å². The van der Waals surface area contributed by atoms with E-state index in [9.17, 15) is 4.79 Å². The molecule has 2 amide bonds. The van der Waals surface area contributed by atoms with E-state index < -0.39 is 0 Å². The van der Waals surface area contributed by atoms with E-state index in [2.05, 4.69) is 14.9 Å². The topological polar surface area (TPSA) is 75.4 Å². The zero-order chi connectivity index (χ0) is 14.0. The Morgan fingerprint density at radius 1 is 1.05 bits per heavy atom. The van der Waals surface area contributed by atoms with Gasteiger partial charge in [-0.05, 0) is 37.2 Å². The monoisotopic (exact) mass is 275 g/mol. The van der Waals surface area contributed by atoms with Crippen LogP contribution in [0.1, 0.15) is 25.7 Å². The van der Waals surface area contributed by atoms with Crippen LogP contribution >= 0.6 is 0 Å². The predicted octanol–water partition coefficient (Wildman–Crippen LogP) is 1.24. The van der Waals surface area contributed by atoms with E-state index in [0.29, 0.717) is 5.41 Å². The molecular weight excluding hydrogens is 254 g/mol. The summed E-state index contributed by atoms with van der Waals surface area (Å²) < 4.78 is 0. The van der Waals surface area contributed by atoms with E-state index in [1.54, 1.807) is 17.3 Å². The largest absolute Gasteiger partial charge is 0.351 e. The third kappa shape index (κ3) is 2.55. The lowest BCUT2D eigenvalue weighted by Crippen LogP contribution is -2.49. The number of carbonyl (C=O) groups is 1. The van der Waals surface area contributed by atoms with E-state index in [4.69, 9.17) is 5.73 Å². The van der Waals surface area contributed by atoms with E-state index in [1.165, 1.54) is 0 Å². The summed E-state index contributed by atoms with van der Waals surface area (Å²) in [6.07, 6.45) is 8.02. The van der Waals surface area contributed by atoms with Crippen LogP contribution < -0.4 is 10.6 Å². The van der Waals surface area contributed by atoms with Gasteiger partial charge in [-0.25, -0.2) is 14.8 Å². The average molecular weight is 275 g/mol. The number of urea groups is 1. The van der Waals surface area contributed by atoms with Gasteiger partial charge < -0.3 is 15.5 Å². The molecule has 0 atom stereocenters. The second-order valence-corrected chi connectivity index (χ2v) is 5.86. The second kappa shape index (κ2) is 5.26. The number of nitrogens with two attached hydrogens (primary N) is 1. The molecule has 1 aromatic rings. The van der Waals surface area contributed by atoms with Gasteiger partial charge in [-0.1, -0.05) is 0 Å². The number of nitrogens with zero attached hydrogens (tertiary/aromatic N) is 4. The van der Waals surface area contributed by atoms with Crippen LogP contribution in [0.3, 0.4) is 0 Å². The molecule has 2 aliphatic heterocycles. The zero-order valence-electron chi connectivity index (χ0n) is 11.7. The molecule has 0 saturated carbocycles. The van der Waals surface area contributed by atoms with E-state index in [-0.39, 0.29) is 6.03 Å². The van der Waals surface area contributed by atoms with Gasteiger partial charge in [-0.15, -0.1) is 0 Å². The summed E-state index contributed by atoms with van der Waals surface area (Å²) in [6.45, 7) is 3.61. The normalized spacial score (nSPS) is 22.0. The quantitative estimate of drug-likeness (QED) is 0.836. The maximum Gasteiger partial charge on any atom is 0.314 e. The predicted molar refractivity (Wildman–Crippen MR) is 76.3 cm³/mol. The molecule has 2 N–H and O–H groups in total. The molecule has 2 saturated heterocycles. The SMILES string of the molecule is NC(=O)N1CCC2(CC1)CCN(c1ncccn1)CC2. The Labute approximate surface area is 119 Å². The van der Waals surface area contributed by atoms with Crippen molar-refractivity contribution in [3.05, 3.63) is 18.5 Å². The number of aromatic nitrogens is 2. The molecule has 2 aliphatic rings. The lowest BCUT2D eigenvalue weighted by Gasteiger charge is -2.46. The molecule has 0 aliphatic carbocycles. The standard InChI is InChI=1S/C14H21N5O/c15-12(20)18-8-2-14(3-9-18)4-10-19(11-5-14)13-16-6-1-7-17-13/h1,6-7H,2-5,8-11H2,(H2,15,20). The molecule has 3 rings (SSSR count). The van der Waals surface area contributed by atoms with E-state index in [1.807, 2.05) is 6.07 Å². The number of rotatable bonds is 1. The Morgan fingerprint density at radius 2 is 1.60 bits per heavy atom. The zero-order valence-corrected chi connectivity index (χ0v) is 11.7. The van der Waals surface area contributed by atoms with Crippen molar-refractivity contribution >= 4 is 12.0 Å². The minimum Gasteiger partial charge on any atom is -0.351 e. The highest BCUT2D eigenvalue weighted by molar-refractivity contribution is 5.72. The molecule has 3 heterocycles. The van der Waals surface area contributed by atoms with Gasteiger partial charge in [0.1, 0.15) is 0 Å². The molecule has 6 nitrogen and oxygen atoms in total. The molecule has 0 radical (unpaired) electrons. The average Bonchev–Trinajstić information content (AvgIpc) is 2.49. The highest BCUT2D eigenvalue weighted by Crippen LogP contribution is 2.41. The van der Waals surface area contributed by atoms with Crippen molar-refractivity contribution in [3.8, 4) is 0 Å². The van der Waals surface area contributed by atoms with Gasteiger partial charge >= 0.3 is 6.03 Å². The summed E-state index contributed by atoms with van der Waals surface area (Å²) in [7, 11) is 0. The molecule has 1 aromatic heterocycles. The number of carbonyl (C=O) groups excluding carboxylic acids is 1. The van der Waals surface area contributed by atoms with Crippen molar-refractivity contribution in [2.75, 3.05) is 31.1 Å². The molecule has 20 heavy (non-hydrogen) atoms. The second-order valence-electron chi connectivity index (χ2n) is 5.86. The fourth-order valence-electron chi connectivity index (χ4n) is 3.34. The van der Waals surface area contributed by atoms with Gasteiger partial charge in [0, 0.05) is 38.6 Å². The summed E-state index contributed by atoms with van der Waals surface area (Å²) in [4.78, 5) is 23.8. The minimum absolute atomic E-state index is 0.282. The van der Waals surface area contributed by atoms with Gasteiger partial charge in [-0.2, -0.15) is 0 Å². The van der Waals surface area contributed by atoms with Crippen LogP contribution in [0.4, 0.5) is 10.7 Å². The third-order valence-electron chi connectivity index (χ3n) is 4.79. The van der Waals surface area contributed by atoms with E-state index in [0.717, 1.165) is 57.8 Å². The van der Waals surface area contributed by atoms with Crippen LogP contribution in [0.2, 0.25) is 0 Å². The molecule has 6 heteroatoms. The smallest absolute Gasteiger partial charge is 0.314 e. The van der Waals surface area contributed by atoms with Gasteiger partial charge in [0.25, 0.3) is 0 Å². The van der Waals surface area contributed by atoms with E-state index >= 15 is 0 Å². The van der Waals surface area contributed by atoms with Crippen LogP contribution in [0.25, 0.3) is 0 Å². The molecule has 0 bridgehead atoms. The maximum atomic E-state index is 11.2. The minimum atomic E-state index is -0.282. The van der Waals surface area contributed by atoms with Crippen LogP contribution in [-0.4, -0.2) is 47.1 Å². The van der Waals surface area contributed by atoms with Crippen molar-refractivity contribution in [2.24, 2.45) is 11.1 Å². The summed E-state index contributed by atoms with van der Waals surface area (Å²) >= 11 is 0.